The zero-order valence-electron chi connectivity index (χ0n) is 18.0. The number of nitrogens with one attached hydrogen (secondary N) is 1. The molecular weight excluding hydrogens is 533 g/mol. The summed E-state index contributed by atoms with van der Waals surface area (Å²) in [6.45, 7) is 7.26. The summed E-state index contributed by atoms with van der Waals surface area (Å²) in [6.07, 6.45) is 1.40. The van der Waals surface area contributed by atoms with Crippen LogP contribution in [0.1, 0.15) is 31.4 Å². The number of morpholine rings is 1. The lowest BCUT2D eigenvalue weighted by molar-refractivity contribution is 0.0180. The first-order valence-electron chi connectivity index (χ1n) is 10.6. The van der Waals surface area contributed by atoms with Crippen LogP contribution in [0.3, 0.4) is 0 Å². The molecular formula is C21H33ClIN5O3. The molecule has 0 aromatic heterocycles. The molecule has 31 heavy (non-hydrogen) atoms. The molecule has 1 atom stereocenters. The zero-order chi connectivity index (χ0) is 21.3. The van der Waals surface area contributed by atoms with Gasteiger partial charge in [-0.1, -0.05) is 23.7 Å². The van der Waals surface area contributed by atoms with Gasteiger partial charge in [0.05, 0.1) is 32.4 Å². The van der Waals surface area contributed by atoms with Gasteiger partial charge in [-0.25, -0.2) is 4.79 Å². The second-order valence-corrected chi connectivity index (χ2v) is 7.98. The van der Waals surface area contributed by atoms with E-state index in [0.717, 1.165) is 44.2 Å². The predicted molar refractivity (Wildman–Crippen MR) is 133 cm³/mol. The largest absolute Gasteiger partial charge is 0.450 e. The summed E-state index contributed by atoms with van der Waals surface area (Å²) in [5, 5.41) is 4.03. The average molecular weight is 566 g/mol. The minimum Gasteiger partial charge on any atom is -0.450 e. The van der Waals surface area contributed by atoms with E-state index in [2.05, 4.69) is 15.2 Å². The summed E-state index contributed by atoms with van der Waals surface area (Å²) in [5.74, 6) is 0.441. The number of hydrogen-bond acceptors (Lipinski definition) is 5. The smallest absolute Gasteiger partial charge is 0.409 e. The second-order valence-electron chi connectivity index (χ2n) is 7.55. The number of amides is 1. The summed E-state index contributed by atoms with van der Waals surface area (Å²) >= 11 is 6.06. The number of aliphatic imine (C=N–C) groups is 1. The number of guanidine groups is 1. The number of halogens is 2. The van der Waals surface area contributed by atoms with Crippen LogP contribution in [-0.4, -0.2) is 80.4 Å². The fourth-order valence-electron chi connectivity index (χ4n) is 3.87. The maximum absolute atomic E-state index is 11.8. The van der Waals surface area contributed by atoms with Crippen molar-refractivity contribution >= 4 is 47.6 Å². The maximum Gasteiger partial charge on any atom is 0.409 e. The molecule has 0 bridgehead atoms. The Kier molecular flexibility index (Phi) is 11.1. The fraction of sp³-hybridized carbons (Fsp3) is 0.619. The number of carbonyl (C=O) groups excluding carboxylic acids is 1. The van der Waals surface area contributed by atoms with Crippen molar-refractivity contribution in [2.75, 3.05) is 52.5 Å². The minimum atomic E-state index is -0.242. The van der Waals surface area contributed by atoms with Crippen molar-refractivity contribution in [3.63, 3.8) is 0 Å². The van der Waals surface area contributed by atoms with Crippen LogP contribution in [0, 0.1) is 0 Å². The average Bonchev–Trinajstić information content (AvgIpc) is 2.76. The Morgan fingerprint density at radius 3 is 2.52 bits per heavy atom. The van der Waals surface area contributed by atoms with Gasteiger partial charge in [-0.3, -0.25) is 9.89 Å². The van der Waals surface area contributed by atoms with Crippen LogP contribution in [0.4, 0.5) is 4.79 Å². The Bertz CT molecular complexity index is 707. The molecule has 1 unspecified atom stereocenters. The van der Waals surface area contributed by atoms with Gasteiger partial charge in [0.25, 0.3) is 0 Å². The molecule has 1 amide bonds. The Balaban J connectivity index is 0.00000341. The first-order chi connectivity index (χ1) is 14.6. The Morgan fingerprint density at radius 2 is 1.90 bits per heavy atom. The Morgan fingerprint density at radius 1 is 1.26 bits per heavy atom. The number of likely N-dealkylation sites (tertiary alicyclic amines) is 1. The van der Waals surface area contributed by atoms with Crippen molar-refractivity contribution in [1.82, 2.24) is 15.1 Å². The summed E-state index contributed by atoms with van der Waals surface area (Å²) in [7, 11) is 0. The molecule has 2 aliphatic rings. The van der Waals surface area contributed by atoms with Crippen molar-refractivity contribution < 1.29 is 14.3 Å². The van der Waals surface area contributed by atoms with E-state index in [1.54, 1.807) is 4.90 Å². The SMILES string of the molecule is CCOC(=O)N1CCC(NC(N)=NCC(c2ccc(Cl)cc2)N2CCOCC2)CC1.I. The van der Waals surface area contributed by atoms with Crippen LogP contribution in [0.5, 0.6) is 0 Å². The molecule has 0 radical (unpaired) electrons. The van der Waals surface area contributed by atoms with E-state index >= 15 is 0 Å². The van der Waals surface area contributed by atoms with Crippen molar-refractivity contribution in [1.29, 1.82) is 0 Å². The Labute approximate surface area is 206 Å². The molecule has 10 heteroatoms. The summed E-state index contributed by atoms with van der Waals surface area (Å²) < 4.78 is 10.6. The van der Waals surface area contributed by atoms with Crippen LogP contribution in [-0.2, 0) is 9.47 Å². The molecule has 0 saturated carbocycles. The second kappa shape index (κ2) is 13.3. The molecule has 2 heterocycles. The van der Waals surface area contributed by atoms with Crippen molar-refractivity contribution in [2.45, 2.75) is 31.8 Å². The Hall–Kier alpha value is -1.30. The number of piperidine rings is 1. The molecule has 1 aromatic carbocycles. The summed E-state index contributed by atoms with van der Waals surface area (Å²) in [4.78, 5) is 20.6. The van der Waals surface area contributed by atoms with E-state index in [9.17, 15) is 4.79 Å². The highest BCUT2D eigenvalue weighted by atomic mass is 127. The highest BCUT2D eigenvalue weighted by molar-refractivity contribution is 14.0. The molecule has 3 N–H and O–H groups in total. The van der Waals surface area contributed by atoms with Gasteiger partial charge in [0.15, 0.2) is 5.96 Å². The lowest BCUT2D eigenvalue weighted by Gasteiger charge is -2.34. The molecule has 174 valence electrons. The number of carbonyl (C=O) groups is 1. The maximum atomic E-state index is 11.8. The minimum absolute atomic E-state index is 0. The van der Waals surface area contributed by atoms with Crippen molar-refractivity contribution in [3.05, 3.63) is 34.9 Å². The third-order valence-corrected chi connectivity index (χ3v) is 5.80. The van der Waals surface area contributed by atoms with E-state index in [1.807, 2.05) is 31.2 Å². The van der Waals surface area contributed by atoms with E-state index in [1.165, 1.54) is 5.56 Å². The first-order valence-corrected chi connectivity index (χ1v) is 11.0. The monoisotopic (exact) mass is 565 g/mol. The van der Waals surface area contributed by atoms with Crippen LogP contribution in [0.25, 0.3) is 0 Å². The van der Waals surface area contributed by atoms with Crippen LogP contribution in [0.2, 0.25) is 5.02 Å². The van der Waals surface area contributed by atoms with Gasteiger partial charge >= 0.3 is 6.09 Å². The van der Waals surface area contributed by atoms with E-state index in [4.69, 9.17) is 26.8 Å². The lowest BCUT2D eigenvalue weighted by Crippen LogP contribution is -2.48. The van der Waals surface area contributed by atoms with E-state index < -0.39 is 0 Å². The topological polar surface area (TPSA) is 92.4 Å². The fourth-order valence-corrected chi connectivity index (χ4v) is 3.99. The molecule has 0 aliphatic carbocycles. The molecule has 3 rings (SSSR count). The summed E-state index contributed by atoms with van der Waals surface area (Å²) in [6, 6.07) is 8.24. The lowest BCUT2D eigenvalue weighted by atomic mass is 10.0. The number of hydrogen-bond donors (Lipinski definition) is 2. The first kappa shape index (κ1) is 26.0. The molecule has 0 spiro atoms. The normalized spacial score (nSPS) is 19.4. The van der Waals surface area contributed by atoms with Crippen LogP contribution in [0.15, 0.2) is 29.3 Å². The van der Waals surface area contributed by atoms with Gasteiger partial charge < -0.3 is 25.4 Å². The molecule has 1 aromatic rings. The van der Waals surface area contributed by atoms with Gasteiger partial charge in [-0.15, -0.1) is 24.0 Å². The predicted octanol–water partition coefficient (Wildman–Crippen LogP) is 2.86. The van der Waals surface area contributed by atoms with Gasteiger partial charge in [-0.2, -0.15) is 0 Å². The van der Waals surface area contributed by atoms with Crippen LogP contribution >= 0.6 is 35.6 Å². The molecule has 8 nitrogen and oxygen atoms in total. The standard InChI is InChI=1S/C21H32ClN5O3.HI/c1-2-30-21(28)27-9-7-18(8-10-27)25-20(23)24-15-19(26-11-13-29-14-12-26)16-3-5-17(22)6-4-16;/h3-6,18-19H,2,7-15H2,1H3,(H3,23,24,25);1H. The van der Waals surface area contributed by atoms with Gasteiger partial charge in [-0.05, 0) is 37.5 Å². The zero-order valence-corrected chi connectivity index (χ0v) is 21.1. The molecule has 2 fully saturated rings. The van der Waals surface area contributed by atoms with Crippen molar-refractivity contribution in [2.24, 2.45) is 10.7 Å². The number of rotatable bonds is 6. The molecule has 2 aliphatic heterocycles. The highest BCUT2D eigenvalue weighted by Gasteiger charge is 2.25. The van der Waals surface area contributed by atoms with Crippen molar-refractivity contribution in [3.8, 4) is 0 Å². The van der Waals surface area contributed by atoms with E-state index in [-0.39, 0.29) is 42.2 Å². The number of nitrogens with zero attached hydrogens (tertiary/aromatic N) is 3. The van der Waals surface area contributed by atoms with Crippen LogP contribution < -0.4 is 11.1 Å². The quantitative estimate of drug-likeness (QED) is 0.313. The third-order valence-electron chi connectivity index (χ3n) is 5.55. The van der Waals surface area contributed by atoms with Gasteiger partial charge in [0.1, 0.15) is 0 Å². The third kappa shape index (κ3) is 7.96. The number of ether oxygens (including phenoxy) is 2. The number of benzene rings is 1. The van der Waals surface area contributed by atoms with Gasteiger partial charge in [0, 0.05) is 37.2 Å². The van der Waals surface area contributed by atoms with E-state index in [0.29, 0.717) is 32.2 Å². The highest BCUT2D eigenvalue weighted by Crippen LogP contribution is 2.24. The summed E-state index contributed by atoms with van der Waals surface area (Å²) in [5.41, 5.74) is 7.36. The molecule has 2 saturated heterocycles. The number of nitrogens with two attached hydrogens (primary N) is 1. The van der Waals surface area contributed by atoms with Gasteiger partial charge in [0.2, 0.25) is 0 Å².